The molecule has 108 valence electrons. The standard InChI is InChI=1S/C14H23NO4/c1-3-18-13(17)12(15-9-16)14(2)6-7-19-11(8-14)10-4-5-10/h9-12H,3-8H2,1-2H3,(H,15,16). The molecule has 1 aliphatic carbocycles. The molecular formula is C14H23NO4. The highest BCUT2D eigenvalue weighted by Gasteiger charge is 2.47. The quantitative estimate of drug-likeness (QED) is 0.582. The first-order valence-corrected chi connectivity index (χ1v) is 7.08. The average Bonchev–Trinajstić information content (AvgIpc) is 3.20. The third kappa shape index (κ3) is 3.26. The summed E-state index contributed by atoms with van der Waals surface area (Å²) in [4.78, 5) is 22.8. The minimum atomic E-state index is -0.574. The molecule has 2 aliphatic rings. The van der Waals surface area contributed by atoms with Gasteiger partial charge < -0.3 is 14.8 Å². The Kier molecular flexibility index (Phi) is 4.45. The highest BCUT2D eigenvalue weighted by Crippen LogP contribution is 2.45. The van der Waals surface area contributed by atoms with Crippen LogP contribution in [0.25, 0.3) is 0 Å². The number of ether oxygens (including phenoxy) is 2. The van der Waals surface area contributed by atoms with Gasteiger partial charge in [-0.15, -0.1) is 0 Å². The fraction of sp³-hybridized carbons (Fsp3) is 0.857. The number of carbonyl (C=O) groups is 2. The van der Waals surface area contributed by atoms with E-state index in [1.807, 2.05) is 6.92 Å². The Labute approximate surface area is 114 Å². The van der Waals surface area contributed by atoms with Gasteiger partial charge in [0.05, 0.1) is 12.7 Å². The van der Waals surface area contributed by atoms with Crippen molar-refractivity contribution >= 4 is 12.4 Å². The molecule has 0 spiro atoms. The van der Waals surface area contributed by atoms with E-state index in [1.165, 1.54) is 12.8 Å². The fourth-order valence-corrected chi connectivity index (χ4v) is 2.94. The summed E-state index contributed by atoms with van der Waals surface area (Å²) < 4.78 is 10.9. The lowest BCUT2D eigenvalue weighted by Crippen LogP contribution is -2.53. The summed E-state index contributed by atoms with van der Waals surface area (Å²) >= 11 is 0. The Hall–Kier alpha value is -1.10. The van der Waals surface area contributed by atoms with E-state index in [0.29, 0.717) is 25.5 Å². The Balaban J connectivity index is 2.08. The summed E-state index contributed by atoms with van der Waals surface area (Å²) in [6, 6.07) is -0.574. The van der Waals surface area contributed by atoms with Crippen LogP contribution in [0.4, 0.5) is 0 Å². The maximum absolute atomic E-state index is 12.0. The van der Waals surface area contributed by atoms with Crippen molar-refractivity contribution in [2.75, 3.05) is 13.2 Å². The van der Waals surface area contributed by atoms with Crippen LogP contribution in [0.2, 0.25) is 0 Å². The van der Waals surface area contributed by atoms with Gasteiger partial charge in [-0.2, -0.15) is 0 Å². The SMILES string of the molecule is CCOC(=O)C(NC=O)C1(C)CCOC(C2CC2)C1. The third-order valence-corrected chi connectivity index (χ3v) is 4.27. The van der Waals surface area contributed by atoms with Crippen LogP contribution < -0.4 is 5.32 Å². The summed E-state index contributed by atoms with van der Waals surface area (Å²) in [5.74, 6) is 0.298. The molecule has 0 radical (unpaired) electrons. The maximum atomic E-state index is 12.0. The maximum Gasteiger partial charge on any atom is 0.329 e. The molecule has 0 aromatic carbocycles. The fourth-order valence-electron chi connectivity index (χ4n) is 2.94. The van der Waals surface area contributed by atoms with E-state index in [0.717, 1.165) is 12.8 Å². The lowest BCUT2D eigenvalue weighted by Gasteiger charge is -2.42. The molecule has 2 rings (SSSR count). The van der Waals surface area contributed by atoms with Crippen molar-refractivity contribution in [1.82, 2.24) is 5.32 Å². The van der Waals surface area contributed by atoms with Gasteiger partial charge in [-0.1, -0.05) is 6.92 Å². The predicted molar refractivity (Wildman–Crippen MR) is 69.4 cm³/mol. The van der Waals surface area contributed by atoms with Crippen LogP contribution in [-0.4, -0.2) is 37.7 Å². The van der Waals surface area contributed by atoms with Crippen LogP contribution in [0, 0.1) is 11.3 Å². The number of esters is 1. The lowest BCUT2D eigenvalue weighted by molar-refractivity contribution is -0.154. The van der Waals surface area contributed by atoms with Crippen LogP contribution in [0.3, 0.4) is 0 Å². The molecule has 3 unspecified atom stereocenters. The van der Waals surface area contributed by atoms with Crippen molar-refractivity contribution in [2.24, 2.45) is 11.3 Å². The zero-order valence-electron chi connectivity index (χ0n) is 11.7. The van der Waals surface area contributed by atoms with Gasteiger partial charge in [-0.05, 0) is 38.5 Å². The molecule has 0 bridgehead atoms. The first-order valence-electron chi connectivity index (χ1n) is 7.08. The van der Waals surface area contributed by atoms with Crippen molar-refractivity contribution < 1.29 is 19.1 Å². The van der Waals surface area contributed by atoms with E-state index < -0.39 is 6.04 Å². The van der Waals surface area contributed by atoms with E-state index in [2.05, 4.69) is 5.32 Å². The molecule has 19 heavy (non-hydrogen) atoms. The molecule has 5 heteroatoms. The number of amides is 1. The molecular weight excluding hydrogens is 246 g/mol. The van der Waals surface area contributed by atoms with Gasteiger partial charge in [-0.25, -0.2) is 4.79 Å². The van der Waals surface area contributed by atoms with E-state index >= 15 is 0 Å². The van der Waals surface area contributed by atoms with Gasteiger partial charge in [0.15, 0.2) is 0 Å². The number of hydrogen-bond donors (Lipinski definition) is 1. The van der Waals surface area contributed by atoms with Crippen LogP contribution >= 0.6 is 0 Å². The predicted octanol–water partition coefficient (Wildman–Crippen LogP) is 1.26. The minimum Gasteiger partial charge on any atom is -0.464 e. The van der Waals surface area contributed by atoms with Gasteiger partial charge in [-0.3, -0.25) is 4.79 Å². The number of nitrogens with one attached hydrogen (secondary N) is 1. The van der Waals surface area contributed by atoms with Crippen LogP contribution in [0.1, 0.15) is 39.5 Å². The topological polar surface area (TPSA) is 64.6 Å². The highest BCUT2D eigenvalue weighted by atomic mass is 16.5. The lowest BCUT2D eigenvalue weighted by atomic mass is 9.72. The summed E-state index contributed by atoms with van der Waals surface area (Å²) in [5.41, 5.74) is -0.279. The smallest absolute Gasteiger partial charge is 0.329 e. The Morgan fingerprint density at radius 1 is 1.58 bits per heavy atom. The van der Waals surface area contributed by atoms with Crippen LogP contribution in [-0.2, 0) is 19.1 Å². The monoisotopic (exact) mass is 269 g/mol. The first kappa shape index (κ1) is 14.3. The molecule has 0 aromatic heterocycles. The van der Waals surface area contributed by atoms with E-state index in [1.54, 1.807) is 6.92 Å². The Morgan fingerprint density at radius 3 is 2.89 bits per heavy atom. The molecule has 2 fully saturated rings. The summed E-state index contributed by atoms with van der Waals surface area (Å²) in [6.07, 6.45) is 4.82. The molecule has 1 heterocycles. The molecule has 1 amide bonds. The largest absolute Gasteiger partial charge is 0.464 e. The summed E-state index contributed by atoms with van der Waals surface area (Å²) in [6.45, 7) is 4.79. The van der Waals surface area contributed by atoms with Crippen molar-refractivity contribution in [3.63, 3.8) is 0 Å². The van der Waals surface area contributed by atoms with Crippen molar-refractivity contribution in [3.8, 4) is 0 Å². The van der Waals surface area contributed by atoms with Crippen LogP contribution in [0.5, 0.6) is 0 Å². The van der Waals surface area contributed by atoms with Gasteiger partial charge in [0.25, 0.3) is 0 Å². The second-order valence-electron chi connectivity index (χ2n) is 5.82. The molecule has 1 saturated carbocycles. The Morgan fingerprint density at radius 2 is 2.32 bits per heavy atom. The van der Waals surface area contributed by atoms with Gasteiger partial charge in [0.2, 0.25) is 6.41 Å². The minimum absolute atomic E-state index is 0.226. The summed E-state index contributed by atoms with van der Waals surface area (Å²) in [5, 5.41) is 2.65. The van der Waals surface area contributed by atoms with E-state index in [9.17, 15) is 9.59 Å². The first-order chi connectivity index (χ1) is 9.10. The van der Waals surface area contributed by atoms with E-state index in [-0.39, 0.29) is 17.5 Å². The van der Waals surface area contributed by atoms with Gasteiger partial charge in [0.1, 0.15) is 6.04 Å². The molecule has 1 saturated heterocycles. The number of rotatable bonds is 6. The Bertz CT molecular complexity index is 342. The molecule has 1 N–H and O–H groups in total. The van der Waals surface area contributed by atoms with Crippen molar-refractivity contribution in [1.29, 1.82) is 0 Å². The molecule has 3 atom stereocenters. The van der Waals surface area contributed by atoms with Gasteiger partial charge in [0, 0.05) is 12.0 Å². The van der Waals surface area contributed by atoms with E-state index in [4.69, 9.17) is 9.47 Å². The van der Waals surface area contributed by atoms with Gasteiger partial charge >= 0.3 is 5.97 Å². The zero-order valence-corrected chi connectivity index (χ0v) is 11.7. The number of carbonyl (C=O) groups excluding carboxylic acids is 2. The summed E-state index contributed by atoms with van der Waals surface area (Å²) in [7, 11) is 0. The van der Waals surface area contributed by atoms with Crippen molar-refractivity contribution in [2.45, 2.75) is 51.7 Å². The normalized spacial score (nSPS) is 32.4. The molecule has 5 nitrogen and oxygen atoms in total. The third-order valence-electron chi connectivity index (χ3n) is 4.27. The second-order valence-corrected chi connectivity index (χ2v) is 5.82. The van der Waals surface area contributed by atoms with Crippen LogP contribution in [0.15, 0.2) is 0 Å². The van der Waals surface area contributed by atoms with Crippen molar-refractivity contribution in [3.05, 3.63) is 0 Å². The molecule has 0 aromatic rings. The highest BCUT2D eigenvalue weighted by molar-refractivity contribution is 5.79. The number of hydrogen-bond acceptors (Lipinski definition) is 4. The molecule has 1 aliphatic heterocycles. The average molecular weight is 269 g/mol. The second kappa shape index (κ2) is 5.90. The zero-order chi connectivity index (χ0) is 13.9.